The Morgan fingerprint density at radius 3 is 2.22 bits per heavy atom. The second kappa shape index (κ2) is 6.99. The van der Waals surface area contributed by atoms with Crippen LogP contribution in [0.1, 0.15) is 57.8 Å². The Morgan fingerprint density at radius 1 is 0.826 bits per heavy atom. The first-order chi connectivity index (χ1) is 11.2. The van der Waals surface area contributed by atoms with Crippen LogP contribution < -0.4 is 0 Å². The summed E-state index contributed by atoms with van der Waals surface area (Å²) in [5.41, 5.74) is 0. The summed E-state index contributed by atoms with van der Waals surface area (Å²) in [6.07, 6.45) is 10.2. The first kappa shape index (κ1) is 16.3. The fourth-order valence-electron chi connectivity index (χ4n) is 5.47. The van der Waals surface area contributed by atoms with Crippen LogP contribution in [0.15, 0.2) is 0 Å². The van der Waals surface area contributed by atoms with Gasteiger partial charge in [0.2, 0.25) is 0 Å². The third kappa shape index (κ3) is 3.20. The first-order valence-corrected chi connectivity index (χ1v) is 9.83. The molecule has 2 N–H and O–H groups in total. The Bertz CT molecular complexity index is 395. The highest BCUT2D eigenvalue weighted by molar-refractivity contribution is 4.97. The summed E-state index contributed by atoms with van der Waals surface area (Å²) < 4.78 is 11.7. The minimum absolute atomic E-state index is 0.355. The van der Waals surface area contributed by atoms with Gasteiger partial charge in [-0.05, 0) is 55.8 Å². The smallest absolute Gasteiger partial charge is 0.109 e. The van der Waals surface area contributed by atoms with Gasteiger partial charge in [-0.25, -0.2) is 0 Å². The Morgan fingerprint density at radius 2 is 1.57 bits per heavy atom. The lowest BCUT2D eigenvalue weighted by molar-refractivity contribution is -0.181. The molecule has 3 saturated carbocycles. The molecule has 4 heteroatoms. The summed E-state index contributed by atoms with van der Waals surface area (Å²) in [7, 11) is 0. The van der Waals surface area contributed by atoms with E-state index in [0.29, 0.717) is 25.7 Å². The number of hydrogen-bond donors (Lipinski definition) is 2. The van der Waals surface area contributed by atoms with Gasteiger partial charge in [-0.2, -0.15) is 0 Å². The van der Waals surface area contributed by atoms with Crippen molar-refractivity contribution in [2.75, 3.05) is 13.2 Å². The van der Waals surface area contributed by atoms with Gasteiger partial charge in [-0.15, -0.1) is 0 Å². The first-order valence-electron chi connectivity index (χ1n) is 9.83. The number of aliphatic hydroxyl groups is 2. The maximum atomic E-state index is 10.0. The Balaban J connectivity index is 1.26. The predicted molar refractivity (Wildman–Crippen MR) is 87.0 cm³/mol. The lowest BCUT2D eigenvalue weighted by atomic mass is 9.56. The predicted octanol–water partition coefficient (Wildman–Crippen LogP) is 2.51. The van der Waals surface area contributed by atoms with Gasteiger partial charge in [-0.1, -0.05) is 25.7 Å². The second-order valence-electron chi connectivity index (χ2n) is 8.32. The van der Waals surface area contributed by atoms with E-state index in [4.69, 9.17) is 9.47 Å². The quantitative estimate of drug-likeness (QED) is 0.816. The van der Waals surface area contributed by atoms with Crippen molar-refractivity contribution in [3.63, 3.8) is 0 Å². The second-order valence-corrected chi connectivity index (χ2v) is 8.32. The molecule has 0 aromatic carbocycles. The number of rotatable bonds is 5. The maximum Gasteiger partial charge on any atom is 0.109 e. The van der Waals surface area contributed by atoms with Crippen molar-refractivity contribution < 1.29 is 19.7 Å². The molecule has 0 radical (unpaired) electrons. The Kier molecular flexibility index (Phi) is 4.96. The standard InChI is InChI=1S/C19H32O4/c20-16-9-10-22-18(19(16)21)11-23-17-8-7-15(17)14-6-5-13(14)12-3-1-2-4-12/h12-21H,1-11H2/t13?,14?,15?,16-,17?,18-,19-/m1/s1. The van der Waals surface area contributed by atoms with E-state index in [1.807, 2.05) is 0 Å². The van der Waals surface area contributed by atoms with Crippen LogP contribution in [0.3, 0.4) is 0 Å². The number of aliphatic hydroxyl groups excluding tert-OH is 2. The molecule has 1 heterocycles. The molecule has 4 nitrogen and oxygen atoms in total. The van der Waals surface area contributed by atoms with Gasteiger partial charge in [0.1, 0.15) is 12.2 Å². The largest absolute Gasteiger partial charge is 0.390 e. The Hall–Kier alpha value is -0.160. The highest BCUT2D eigenvalue weighted by atomic mass is 16.5. The van der Waals surface area contributed by atoms with E-state index in [0.717, 1.165) is 30.1 Å². The highest BCUT2D eigenvalue weighted by Gasteiger charge is 2.48. The third-order valence-electron chi connectivity index (χ3n) is 7.20. The van der Waals surface area contributed by atoms with E-state index in [1.165, 1.54) is 44.9 Å². The van der Waals surface area contributed by atoms with Gasteiger partial charge in [0.05, 0.1) is 18.8 Å². The molecule has 0 amide bonds. The SMILES string of the molecule is O[C@@H]1[C@H](O)CCO[C@@H]1COC1CCC1C1CCC1C1CCCC1. The van der Waals surface area contributed by atoms with Gasteiger partial charge in [-0.3, -0.25) is 0 Å². The average Bonchev–Trinajstić information content (AvgIpc) is 3.00. The molecule has 0 bridgehead atoms. The average molecular weight is 324 g/mol. The highest BCUT2D eigenvalue weighted by Crippen LogP contribution is 2.54. The molecule has 4 unspecified atom stereocenters. The van der Waals surface area contributed by atoms with Gasteiger partial charge in [0.15, 0.2) is 0 Å². The minimum Gasteiger partial charge on any atom is -0.390 e. The van der Waals surface area contributed by atoms with Crippen LogP contribution in [-0.2, 0) is 9.47 Å². The number of hydrogen-bond acceptors (Lipinski definition) is 4. The zero-order valence-corrected chi connectivity index (χ0v) is 14.1. The lowest BCUT2D eigenvalue weighted by Crippen LogP contribution is -2.50. The van der Waals surface area contributed by atoms with E-state index in [-0.39, 0.29) is 6.10 Å². The van der Waals surface area contributed by atoms with E-state index < -0.39 is 12.2 Å². The van der Waals surface area contributed by atoms with Crippen LogP contribution in [-0.4, -0.2) is 47.8 Å². The summed E-state index contributed by atoms with van der Waals surface area (Å²) >= 11 is 0. The molecule has 4 aliphatic rings. The van der Waals surface area contributed by atoms with Crippen LogP contribution in [0, 0.1) is 23.7 Å². The maximum absolute atomic E-state index is 10.0. The molecular formula is C19H32O4. The molecule has 4 fully saturated rings. The van der Waals surface area contributed by atoms with E-state index in [1.54, 1.807) is 0 Å². The van der Waals surface area contributed by atoms with Gasteiger partial charge in [0, 0.05) is 6.61 Å². The molecule has 1 aliphatic heterocycles. The van der Waals surface area contributed by atoms with Crippen LogP contribution in [0.4, 0.5) is 0 Å². The monoisotopic (exact) mass is 324 g/mol. The van der Waals surface area contributed by atoms with Crippen molar-refractivity contribution in [3.05, 3.63) is 0 Å². The van der Waals surface area contributed by atoms with Crippen LogP contribution >= 0.6 is 0 Å². The molecule has 4 rings (SSSR count). The Labute approximate surface area is 139 Å². The molecule has 132 valence electrons. The molecule has 0 aromatic heterocycles. The van der Waals surface area contributed by atoms with Gasteiger partial charge in [0.25, 0.3) is 0 Å². The molecule has 7 atom stereocenters. The zero-order chi connectivity index (χ0) is 15.8. The summed E-state index contributed by atoms with van der Waals surface area (Å²) in [5.74, 6) is 3.58. The summed E-state index contributed by atoms with van der Waals surface area (Å²) in [5, 5.41) is 19.7. The van der Waals surface area contributed by atoms with E-state index in [2.05, 4.69) is 0 Å². The van der Waals surface area contributed by atoms with Crippen molar-refractivity contribution in [2.24, 2.45) is 23.7 Å². The molecule has 1 saturated heterocycles. The van der Waals surface area contributed by atoms with Crippen molar-refractivity contribution in [2.45, 2.75) is 82.2 Å². The van der Waals surface area contributed by atoms with Crippen LogP contribution in [0.2, 0.25) is 0 Å². The summed E-state index contributed by atoms with van der Waals surface area (Å²) in [6.45, 7) is 0.951. The molecule has 0 aromatic rings. The number of ether oxygens (including phenoxy) is 2. The summed E-state index contributed by atoms with van der Waals surface area (Å²) in [6, 6.07) is 0. The third-order valence-corrected chi connectivity index (χ3v) is 7.20. The normalized spacial score (nSPS) is 48.0. The molecular weight excluding hydrogens is 292 g/mol. The van der Waals surface area contributed by atoms with Crippen molar-refractivity contribution in [3.8, 4) is 0 Å². The molecule has 0 spiro atoms. The van der Waals surface area contributed by atoms with Gasteiger partial charge >= 0.3 is 0 Å². The van der Waals surface area contributed by atoms with Crippen molar-refractivity contribution >= 4 is 0 Å². The minimum atomic E-state index is -0.794. The van der Waals surface area contributed by atoms with Gasteiger partial charge < -0.3 is 19.7 Å². The lowest BCUT2D eigenvalue weighted by Gasteiger charge is -2.52. The molecule has 3 aliphatic carbocycles. The van der Waals surface area contributed by atoms with E-state index in [9.17, 15) is 10.2 Å². The van der Waals surface area contributed by atoms with Crippen LogP contribution in [0.5, 0.6) is 0 Å². The summed E-state index contributed by atoms with van der Waals surface area (Å²) in [4.78, 5) is 0. The zero-order valence-electron chi connectivity index (χ0n) is 14.1. The fourth-order valence-corrected chi connectivity index (χ4v) is 5.47. The topological polar surface area (TPSA) is 58.9 Å². The van der Waals surface area contributed by atoms with Crippen LogP contribution in [0.25, 0.3) is 0 Å². The van der Waals surface area contributed by atoms with Crippen molar-refractivity contribution in [1.29, 1.82) is 0 Å². The fraction of sp³-hybridized carbons (Fsp3) is 1.00. The van der Waals surface area contributed by atoms with E-state index >= 15 is 0 Å². The van der Waals surface area contributed by atoms with Crippen molar-refractivity contribution in [1.82, 2.24) is 0 Å². The molecule has 23 heavy (non-hydrogen) atoms.